The number of hydrogen-bond donors (Lipinski definition) is 0. The molecule has 1 aliphatic heterocycles. The maximum absolute atomic E-state index is 12.6. The quantitative estimate of drug-likeness (QED) is 0.303. The second kappa shape index (κ2) is 9.56. The summed E-state index contributed by atoms with van der Waals surface area (Å²) in [7, 11) is 4.55. The molecule has 2 aromatic carbocycles. The van der Waals surface area contributed by atoms with Crippen LogP contribution in [-0.4, -0.2) is 47.9 Å². The van der Waals surface area contributed by atoms with Crippen molar-refractivity contribution in [3.05, 3.63) is 61.5 Å². The molecule has 1 saturated heterocycles. The Morgan fingerprint density at radius 3 is 2.26 bits per heavy atom. The average Bonchev–Trinajstić information content (AvgIpc) is 2.75. The number of rotatable bonds is 5. The molecule has 0 bridgehead atoms. The minimum atomic E-state index is -0.473. The van der Waals surface area contributed by atoms with E-state index in [-0.39, 0.29) is 17.3 Å². The van der Waals surface area contributed by atoms with E-state index in [1.807, 2.05) is 6.07 Å². The van der Waals surface area contributed by atoms with E-state index in [0.717, 1.165) is 5.56 Å². The maximum atomic E-state index is 12.6. The summed E-state index contributed by atoms with van der Waals surface area (Å²) in [6.45, 7) is 0.240. The molecule has 0 saturated carbocycles. The third-order valence-corrected chi connectivity index (χ3v) is 6.58. The van der Waals surface area contributed by atoms with E-state index >= 15 is 0 Å². The van der Waals surface area contributed by atoms with Gasteiger partial charge in [-0.2, -0.15) is 0 Å². The number of carbonyl (C=O) groups is 2. The summed E-state index contributed by atoms with van der Waals surface area (Å²) in [6, 6.07) is 8.62. The first-order valence-corrected chi connectivity index (χ1v) is 10.9. The molecule has 1 fully saturated rings. The van der Waals surface area contributed by atoms with Crippen LogP contribution < -0.4 is 9.47 Å². The number of thiocarbonyl (C=S) groups is 1. The van der Waals surface area contributed by atoms with Crippen LogP contribution in [-0.2, 0) is 16.2 Å². The summed E-state index contributed by atoms with van der Waals surface area (Å²) >= 11 is 20.6. The van der Waals surface area contributed by atoms with Gasteiger partial charge in [0, 0.05) is 18.6 Å². The Morgan fingerprint density at radius 2 is 1.68 bits per heavy atom. The second-order valence-corrected chi connectivity index (χ2v) is 8.66. The second-order valence-electron chi connectivity index (χ2n) is 6.63. The molecule has 0 aromatic heterocycles. The summed E-state index contributed by atoms with van der Waals surface area (Å²) in [4.78, 5) is 27.6. The van der Waals surface area contributed by atoms with Crippen molar-refractivity contribution in [2.75, 3.05) is 21.2 Å². The third-order valence-electron chi connectivity index (χ3n) is 4.61. The van der Waals surface area contributed by atoms with Crippen LogP contribution in [0.2, 0.25) is 10.0 Å². The number of methoxy groups -OCH3 is 1. The molecule has 3 rings (SSSR count). The van der Waals surface area contributed by atoms with E-state index in [4.69, 9.17) is 44.9 Å². The Balaban J connectivity index is 1.91. The first-order valence-electron chi connectivity index (χ1n) is 8.90. The SMILES string of the molecule is COc1cc(C=C2C(=O)N(C)C(=S)N(C)C2=O)c(Br)cc1OCc1ccc(Cl)c(Cl)c1. The fourth-order valence-corrected chi connectivity index (χ4v) is 3.78. The highest BCUT2D eigenvalue weighted by atomic mass is 79.9. The lowest BCUT2D eigenvalue weighted by molar-refractivity contribution is -0.132. The highest BCUT2D eigenvalue weighted by Gasteiger charge is 2.35. The summed E-state index contributed by atoms with van der Waals surface area (Å²) in [5, 5.41) is 1.05. The zero-order valence-electron chi connectivity index (χ0n) is 16.7. The summed E-state index contributed by atoms with van der Waals surface area (Å²) < 4.78 is 11.9. The smallest absolute Gasteiger partial charge is 0.265 e. The standard InChI is InChI=1S/C21H17BrCl2N2O4S/c1-25-19(27)13(20(28)26(2)21(25)31)7-12-8-17(29-3)18(9-14(12)22)30-10-11-4-5-15(23)16(24)6-11/h4-9H,10H2,1-3H3. The first-order chi connectivity index (χ1) is 14.6. The Labute approximate surface area is 203 Å². The maximum Gasteiger partial charge on any atom is 0.265 e. The van der Waals surface area contributed by atoms with Gasteiger partial charge < -0.3 is 9.47 Å². The largest absolute Gasteiger partial charge is 0.493 e. The van der Waals surface area contributed by atoms with Crippen molar-refractivity contribution in [2.45, 2.75) is 6.61 Å². The molecular weight excluding hydrogens is 527 g/mol. The Bertz CT molecular complexity index is 1100. The van der Waals surface area contributed by atoms with Crippen LogP contribution in [0.1, 0.15) is 11.1 Å². The van der Waals surface area contributed by atoms with E-state index in [1.54, 1.807) is 24.3 Å². The van der Waals surface area contributed by atoms with Crippen molar-refractivity contribution in [1.82, 2.24) is 9.80 Å². The van der Waals surface area contributed by atoms with Gasteiger partial charge in [-0.3, -0.25) is 19.4 Å². The molecule has 31 heavy (non-hydrogen) atoms. The lowest BCUT2D eigenvalue weighted by atomic mass is 10.1. The number of halogens is 3. The minimum absolute atomic E-state index is 0.00849. The number of amides is 2. The molecule has 0 atom stereocenters. The summed E-state index contributed by atoms with van der Waals surface area (Å²) in [6.07, 6.45) is 1.49. The molecule has 0 spiro atoms. The van der Waals surface area contributed by atoms with Crippen molar-refractivity contribution in [1.29, 1.82) is 0 Å². The number of benzene rings is 2. The summed E-state index contributed by atoms with van der Waals surface area (Å²) in [5.74, 6) is -0.0415. The van der Waals surface area contributed by atoms with Crippen LogP contribution in [0, 0.1) is 0 Å². The topological polar surface area (TPSA) is 59.1 Å². The molecule has 6 nitrogen and oxygen atoms in total. The van der Waals surface area contributed by atoms with Gasteiger partial charge in [-0.1, -0.05) is 45.2 Å². The van der Waals surface area contributed by atoms with Gasteiger partial charge in [-0.15, -0.1) is 0 Å². The molecule has 0 aliphatic carbocycles. The monoisotopic (exact) mass is 542 g/mol. The van der Waals surface area contributed by atoms with Crippen LogP contribution in [0.3, 0.4) is 0 Å². The molecule has 1 heterocycles. The predicted molar refractivity (Wildman–Crippen MR) is 128 cm³/mol. The number of nitrogens with zero attached hydrogens (tertiary/aromatic N) is 2. The highest BCUT2D eigenvalue weighted by Crippen LogP contribution is 2.36. The van der Waals surface area contributed by atoms with E-state index in [2.05, 4.69) is 15.9 Å². The van der Waals surface area contributed by atoms with E-state index in [1.165, 1.54) is 37.1 Å². The average molecular weight is 544 g/mol. The number of ether oxygens (including phenoxy) is 2. The van der Waals surface area contributed by atoms with Gasteiger partial charge in [0.05, 0.1) is 17.2 Å². The van der Waals surface area contributed by atoms with Gasteiger partial charge in [0.25, 0.3) is 11.8 Å². The van der Waals surface area contributed by atoms with E-state index in [0.29, 0.717) is 31.6 Å². The Kier molecular flexibility index (Phi) is 7.26. The zero-order valence-corrected chi connectivity index (χ0v) is 20.7. The van der Waals surface area contributed by atoms with Crippen molar-refractivity contribution in [2.24, 2.45) is 0 Å². The van der Waals surface area contributed by atoms with E-state index < -0.39 is 11.8 Å². The third kappa shape index (κ3) is 4.87. The van der Waals surface area contributed by atoms with Crippen molar-refractivity contribution >= 4 is 74.4 Å². The normalized spacial score (nSPS) is 14.3. The number of hydrogen-bond acceptors (Lipinski definition) is 5. The minimum Gasteiger partial charge on any atom is -0.493 e. The van der Waals surface area contributed by atoms with Crippen LogP contribution in [0.4, 0.5) is 0 Å². The molecule has 1 aliphatic rings. The fraction of sp³-hybridized carbons (Fsp3) is 0.190. The molecular formula is C21H17BrCl2N2O4S. The van der Waals surface area contributed by atoms with Gasteiger partial charge in [0.2, 0.25) is 0 Å². The van der Waals surface area contributed by atoms with Crippen molar-refractivity contribution < 1.29 is 19.1 Å². The highest BCUT2D eigenvalue weighted by molar-refractivity contribution is 9.10. The number of likely N-dealkylation sites (N-methyl/N-ethyl adjacent to an activating group) is 2. The first kappa shape index (κ1) is 23.5. The van der Waals surface area contributed by atoms with Crippen LogP contribution in [0.25, 0.3) is 6.08 Å². The molecule has 0 radical (unpaired) electrons. The van der Waals surface area contributed by atoms with Gasteiger partial charge in [-0.05, 0) is 53.7 Å². The lowest BCUT2D eigenvalue weighted by Crippen LogP contribution is -2.52. The van der Waals surface area contributed by atoms with Gasteiger partial charge in [-0.25, -0.2) is 0 Å². The predicted octanol–water partition coefficient (Wildman–Crippen LogP) is 4.94. The molecule has 2 aromatic rings. The Morgan fingerprint density at radius 1 is 1.03 bits per heavy atom. The molecule has 0 N–H and O–H groups in total. The van der Waals surface area contributed by atoms with Crippen LogP contribution in [0.15, 0.2) is 40.4 Å². The van der Waals surface area contributed by atoms with Gasteiger partial charge in [0.1, 0.15) is 12.2 Å². The molecule has 2 amide bonds. The van der Waals surface area contributed by atoms with Crippen molar-refractivity contribution in [3.8, 4) is 11.5 Å². The van der Waals surface area contributed by atoms with Gasteiger partial charge in [0.15, 0.2) is 16.6 Å². The molecule has 10 heteroatoms. The fourth-order valence-electron chi connectivity index (χ4n) is 2.85. The van der Waals surface area contributed by atoms with Gasteiger partial charge >= 0.3 is 0 Å². The van der Waals surface area contributed by atoms with Crippen LogP contribution in [0.5, 0.6) is 11.5 Å². The zero-order chi connectivity index (χ0) is 22.9. The molecule has 0 unspecified atom stereocenters. The van der Waals surface area contributed by atoms with Crippen molar-refractivity contribution in [3.63, 3.8) is 0 Å². The number of carbonyl (C=O) groups excluding carboxylic acids is 2. The summed E-state index contributed by atoms with van der Waals surface area (Å²) in [5.41, 5.74) is 1.40. The van der Waals surface area contributed by atoms with E-state index in [9.17, 15) is 9.59 Å². The van der Waals surface area contributed by atoms with Crippen LogP contribution >= 0.6 is 51.3 Å². The molecule has 162 valence electrons. The Hall–Kier alpha value is -2.13. The lowest BCUT2D eigenvalue weighted by Gasteiger charge is -2.31.